The van der Waals surface area contributed by atoms with Gasteiger partial charge in [0.15, 0.2) is 5.76 Å². The Labute approximate surface area is 106 Å². The maximum Gasteiger partial charge on any atom is 0.283 e. The van der Waals surface area contributed by atoms with E-state index in [1.165, 1.54) is 12.8 Å². The van der Waals surface area contributed by atoms with Crippen molar-refractivity contribution in [3.8, 4) is 11.7 Å². The van der Waals surface area contributed by atoms with Gasteiger partial charge in [-0.3, -0.25) is 4.90 Å². The molecule has 0 aromatic carbocycles. The summed E-state index contributed by atoms with van der Waals surface area (Å²) >= 11 is 0. The molecule has 0 N–H and O–H groups in total. The van der Waals surface area contributed by atoms with E-state index < -0.39 is 0 Å². The average molecular weight is 247 g/mol. The number of hydrogen-bond donors (Lipinski definition) is 0. The normalized spacial score (nSPS) is 21.3. The number of piperidine rings is 1. The van der Waals surface area contributed by atoms with Crippen molar-refractivity contribution < 1.29 is 8.83 Å². The molecule has 96 valence electrons. The third kappa shape index (κ3) is 2.46. The van der Waals surface area contributed by atoms with Gasteiger partial charge in [-0.05, 0) is 37.4 Å². The van der Waals surface area contributed by atoms with Crippen molar-refractivity contribution in [2.45, 2.75) is 26.3 Å². The Hall–Kier alpha value is -1.62. The largest absolute Gasteiger partial charge is 0.459 e. The molecule has 1 aliphatic rings. The van der Waals surface area contributed by atoms with Gasteiger partial charge in [-0.15, -0.1) is 10.2 Å². The Bertz CT molecular complexity index is 492. The van der Waals surface area contributed by atoms with Gasteiger partial charge in [0.05, 0.1) is 12.8 Å². The second kappa shape index (κ2) is 4.94. The molecule has 3 rings (SSSR count). The zero-order valence-corrected chi connectivity index (χ0v) is 10.5. The van der Waals surface area contributed by atoms with Gasteiger partial charge >= 0.3 is 0 Å². The molecule has 1 unspecified atom stereocenters. The molecule has 1 saturated heterocycles. The molecule has 0 amide bonds. The molecule has 0 aliphatic carbocycles. The van der Waals surface area contributed by atoms with Crippen molar-refractivity contribution in [2.24, 2.45) is 5.92 Å². The standard InChI is InChI=1S/C13H17N3O2/c1-10-4-2-6-16(8-10)9-12-14-15-13(18-12)11-5-3-7-17-11/h3,5,7,10H,2,4,6,8-9H2,1H3. The van der Waals surface area contributed by atoms with Crippen molar-refractivity contribution in [1.29, 1.82) is 0 Å². The van der Waals surface area contributed by atoms with Crippen molar-refractivity contribution in [3.05, 3.63) is 24.3 Å². The minimum Gasteiger partial charge on any atom is -0.459 e. The molecule has 0 bridgehead atoms. The summed E-state index contributed by atoms with van der Waals surface area (Å²) in [4.78, 5) is 2.37. The third-order valence-electron chi connectivity index (χ3n) is 3.30. The minimum atomic E-state index is 0.458. The summed E-state index contributed by atoms with van der Waals surface area (Å²) < 4.78 is 10.8. The highest BCUT2D eigenvalue weighted by atomic mass is 16.4. The summed E-state index contributed by atoms with van der Waals surface area (Å²) in [6.45, 7) is 5.24. The molecule has 0 saturated carbocycles. The highest BCUT2D eigenvalue weighted by Crippen LogP contribution is 2.20. The smallest absolute Gasteiger partial charge is 0.283 e. The maximum atomic E-state index is 5.61. The first kappa shape index (κ1) is 11.5. The van der Waals surface area contributed by atoms with E-state index in [0.717, 1.165) is 25.6 Å². The Morgan fingerprint density at radius 3 is 3.17 bits per heavy atom. The zero-order chi connectivity index (χ0) is 12.4. The van der Waals surface area contributed by atoms with Gasteiger partial charge in [0.1, 0.15) is 0 Å². The van der Waals surface area contributed by atoms with Gasteiger partial charge in [0, 0.05) is 6.54 Å². The van der Waals surface area contributed by atoms with Crippen LogP contribution in [0.25, 0.3) is 11.7 Å². The van der Waals surface area contributed by atoms with Gasteiger partial charge < -0.3 is 8.83 Å². The number of rotatable bonds is 3. The maximum absolute atomic E-state index is 5.61. The predicted octanol–water partition coefficient (Wildman–Crippen LogP) is 2.56. The lowest BCUT2D eigenvalue weighted by Crippen LogP contribution is -2.33. The molecule has 2 aromatic heterocycles. The first-order valence-electron chi connectivity index (χ1n) is 6.40. The molecule has 1 fully saturated rings. The van der Waals surface area contributed by atoms with E-state index in [4.69, 9.17) is 8.83 Å². The zero-order valence-electron chi connectivity index (χ0n) is 10.5. The van der Waals surface area contributed by atoms with E-state index in [1.807, 2.05) is 12.1 Å². The topological polar surface area (TPSA) is 55.3 Å². The number of nitrogens with zero attached hydrogens (tertiary/aromatic N) is 3. The fourth-order valence-corrected chi connectivity index (χ4v) is 2.44. The Morgan fingerprint density at radius 2 is 2.39 bits per heavy atom. The van der Waals surface area contributed by atoms with Gasteiger partial charge in [-0.1, -0.05) is 6.92 Å². The number of hydrogen-bond acceptors (Lipinski definition) is 5. The fraction of sp³-hybridized carbons (Fsp3) is 0.538. The van der Waals surface area contributed by atoms with Crippen LogP contribution in [0.2, 0.25) is 0 Å². The van der Waals surface area contributed by atoms with Crippen LogP contribution in [-0.2, 0) is 6.54 Å². The molecule has 2 aromatic rings. The van der Waals surface area contributed by atoms with Crippen molar-refractivity contribution in [3.63, 3.8) is 0 Å². The lowest BCUT2D eigenvalue weighted by molar-refractivity contribution is 0.163. The molecular formula is C13H17N3O2. The summed E-state index contributed by atoms with van der Waals surface area (Å²) in [5.41, 5.74) is 0. The van der Waals surface area contributed by atoms with Crippen LogP contribution in [0.4, 0.5) is 0 Å². The number of aromatic nitrogens is 2. The summed E-state index contributed by atoms with van der Waals surface area (Å²) in [6, 6.07) is 3.63. The van der Waals surface area contributed by atoms with E-state index in [1.54, 1.807) is 6.26 Å². The van der Waals surface area contributed by atoms with Crippen molar-refractivity contribution in [1.82, 2.24) is 15.1 Å². The molecule has 3 heterocycles. The highest BCUT2D eigenvalue weighted by Gasteiger charge is 2.19. The van der Waals surface area contributed by atoms with Gasteiger partial charge in [-0.2, -0.15) is 0 Å². The van der Waals surface area contributed by atoms with Crippen LogP contribution in [0.15, 0.2) is 27.2 Å². The van der Waals surface area contributed by atoms with E-state index >= 15 is 0 Å². The summed E-state index contributed by atoms with van der Waals surface area (Å²) in [6.07, 6.45) is 4.17. The fourth-order valence-electron chi connectivity index (χ4n) is 2.44. The van der Waals surface area contributed by atoms with Crippen LogP contribution in [0.3, 0.4) is 0 Å². The Kier molecular flexibility index (Phi) is 3.15. The van der Waals surface area contributed by atoms with Crippen LogP contribution in [0, 0.1) is 5.92 Å². The van der Waals surface area contributed by atoms with Gasteiger partial charge in [0.2, 0.25) is 5.89 Å². The lowest BCUT2D eigenvalue weighted by Gasteiger charge is -2.29. The molecular weight excluding hydrogens is 230 g/mol. The Balaban J connectivity index is 1.66. The van der Waals surface area contributed by atoms with Crippen LogP contribution < -0.4 is 0 Å². The molecule has 1 aliphatic heterocycles. The van der Waals surface area contributed by atoms with Crippen LogP contribution in [0.5, 0.6) is 0 Å². The van der Waals surface area contributed by atoms with Crippen molar-refractivity contribution in [2.75, 3.05) is 13.1 Å². The second-order valence-corrected chi connectivity index (χ2v) is 4.96. The lowest BCUT2D eigenvalue weighted by atomic mass is 10.0. The monoisotopic (exact) mass is 247 g/mol. The van der Waals surface area contributed by atoms with E-state index in [0.29, 0.717) is 17.5 Å². The molecule has 5 nitrogen and oxygen atoms in total. The van der Waals surface area contributed by atoms with Crippen LogP contribution in [0.1, 0.15) is 25.7 Å². The number of likely N-dealkylation sites (tertiary alicyclic amines) is 1. The first-order valence-corrected chi connectivity index (χ1v) is 6.40. The average Bonchev–Trinajstić information content (AvgIpc) is 2.98. The molecule has 0 spiro atoms. The predicted molar refractivity (Wildman–Crippen MR) is 65.7 cm³/mol. The third-order valence-corrected chi connectivity index (χ3v) is 3.30. The second-order valence-electron chi connectivity index (χ2n) is 4.96. The SMILES string of the molecule is CC1CCCN(Cc2nnc(-c3ccco3)o2)C1. The summed E-state index contributed by atoms with van der Waals surface area (Å²) in [5, 5.41) is 8.08. The van der Waals surface area contributed by atoms with Crippen LogP contribution >= 0.6 is 0 Å². The summed E-state index contributed by atoms with van der Waals surface area (Å²) in [5.74, 6) is 2.50. The highest BCUT2D eigenvalue weighted by molar-refractivity contribution is 5.42. The molecule has 5 heteroatoms. The molecule has 1 atom stereocenters. The molecule has 18 heavy (non-hydrogen) atoms. The van der Waals surface area contributed by atoms with Crippen LogP contribution in [-0.4, -0.2) is 28.2 Å². The van der Waals surface area contributed by atoms with E-state index in [-0.39, 0.29) is 0 Å². The van der Waals surface area contributed by atoms with Gasteiger partial charge in [0.25, 0.3) is 5.89 Å². The van der Waals surface area contributed by atoms with E-state index in [9.17, 15) is 0 Å². The number of furan rings is 1. The minimum absolute atomic E-state index is 0.458. The molecule has 0 radical (unpaired) electrons. The van der Waals surface area contributed by atoms with Gasteiger partial charge in [-0.25, -0.2) is 0 Å². The van der Waals surface area contributed by atoms with E-state index in [2.05, 4.69) is 22.0 Å². The Morgan fingerprint density at radius 1 is 1.44 bits per heavy atom. The quantitative estimate of drug-likeness (QED) is 0.834. The first-order chi connectivity index (χ1) is 8.81. The summed E-state index contributed by atoms with van der Waals surface area (Å²) in [7, 11) is 0. The van der Waals surface area contributed by atoms with Crippen molar-refractivity contribution >= 4 is 0 Å².